The minimum atomic E-state index is -0.553. The molecule has 0 N–H and O–H groups in total. The monoisotopic (exact) mass is 788 g/mol. The molecule has 2 aliphatic carbocycles. The molecular formula is C59H36N2O. The van der Waals surface area contributed by atoms with Gasteiger partial charge in [0.15, 0.2) is 5.82 Å². The highest BCUT2D eigenvalue weighted by atomic mass is 16.3. The van der Waals surface area contributed by atoms with Crippen molar-refractivity contribution in [1.29, 1.82) is 0 Å². The molecule has 0 bridgehead atoms. The second kappa shape index (κ2) is 13.4. The van der Waals surface area contributed by atoms with E-state index in [4.69, 9.17) is 14.4 Å². The molecule has 11 aromatic rings. The van der Waals surface area contributed by atoms with Gasteiger partial charge in [-0.2, -0.15) is 0 Å². The van der Waals surface area contributed by atoms with Crippen LogP contribution in [0.4, 0.5) is 0 Å². The molecule has 9 aromatic carbocycles. The van der Waals surface area contributed by atoms with Crippen molar-refractivity contribution >= 4 is 21.9 Å². The van der Waals surface area contributed by atoms with Crippen molar-refractivity contribution in [3.63, 3.8) is 0 Å². The van der Waals surface area contributed by atoms with Crippen LogP contribution in [0.3, 0.4) is 0 Å². The van der Waals surface area contributed by atoms with Crippen LogP contribution in [-0.2, 0) is 5.41 Å². The van der Waals surface area contributed by atoms with Crippen LogP contribution in [0.2, 0.25) is 0 Å². The van der Waals surface area contributed by atoms with E-state index >= 15 is 0 Å². The Balaban J connectivity index is 1.08. The zero-order chi connectivity index (χ0) is 40.8. The Hall–Kier alpha value is -8.14. The van der Waals surface area contributed by atoms with Crippen LogP contribution < -0.4 is 0 Å². The van der Waals surface area contributed by atoms with Crippen molar-refractivity contribution in [1.82, 2.24) is 9.97 Å². The van der Waals surface area contributed by atoms with E-state index in [1.807, 2.05) is 18.2 Å². The van der Waals surface area contributed by atoms with E-state index in [9.17, 15) is 0 Å². The van der Waals surface area contributed by atoms with E-state index in [0.29, 0.717) is 5.82 Å². The molecular weight excluding hydrogens is 753 g/mol. The van der Waals surface area contributed by atoms with Gasteiger partial charge in [0.2, 0.25) is 0 Å². The highest BCUT2D eigenvalue weighted by Crippen LogP contribution is 2.61. The highest BCUT2D eigenvalue weighted by Gasteiger charge is 2.49. The predicted molar refractivity (Wildman–Crippen MR) is 253 cm³/mol. The fourth-order valence-electron chi connectivity index (χ4n) is 10.5. The molecule has 0 fully saturated rings. The fraction of sp³-hybridized carbons (Fsp3) is 0.0169. The quantitative estimate of drug-likeness (QED) is 0.178. The van der Waals surface area contributed by atoms with Crippen molar-refractivity contribution in [2.75, 3.05) is 0 Å². The Labute approximate surface area is 359 Å². The second-order valence-electron chi connectivity index (χ2n) is 16.4. The molecule has 62 heavy (non-hydrogen) atoms. The second-order valence-corrected chi connectivity index (χ2v) is 16.4. The first-order valence-corrected chi connectivity index (χ1v) is 21.2. The fourth-order valence-corrected chi connectivity index (χ4v) is 10.5. The topological polar surface area (TPSA) is 38.9 Å². The Morgan fingerprint density at radius 3 is 1.50 bits per heavy atom. The lowest BCUT2D eigenvalue weighted by atomic mass is 9.66. The number of para-hydroxylation sites is 1. The van der Waals surface area contributed by atoms with Gasteiger partial charge in [0.1, 0.15) is 11.2 Å². The maximum absolute atomic E-state index is 6.39. The van der Waals surface area contributed by atoms with Gasteiger partial charge in [-0.3, -0.25) is 0 Å². The maximum atomic E-state index is 6.39. The minimum Gasteiger partial charge on any atom is -0.456 e. The number of aromatic nitrogens is 2. The summed E-state index contributed by atoms with van der Waals surface area (Å²) >= 11 is 0. The van der Waals surface area contributed by atoms with E-state index in [0.717, 1.165) is 55.6 Å². The number of rotatable bonds is 4. The Morgan fingerprint density at radius 1 is 0.306 bits per heavy atom. The summed E-state index contributed by atoms with van der Waals surface area (Å²) in [6.45, 7) is 0. The molecule has 2 heterocycles. The summed E-state index contributed by atoms with van der Waals surface area (Å²) in [4.78, 5) is 10.9. The molecule has 288 valence electrons. The summed E-state index contributed by atoms with van der Waals surface area (Å²) in [6, 6.07) is 78.7. The maximum Gasteiger partial charge on any atom is 0.160 e. The Morgan fingerprint density at radius 2 is 0.790 bits per heavy atom. The van der Waals surface area contributed by atoms with Crippen LogP contribution in [-0.4, -0.2) is 9.97 Å². The molecule has 0 atom stereocenters. The standard InChI is InChI=1S/C59H36N2O/c1-2-15-37(16-3-1)38-29-31-39(32-30-38)53-36-54(46-23-14-28-56-57(46)47-22-9-13-27-55(47)62-56)61-58(60-53)40-33-34-52-48(35-40)42-18-5-4-17-41(42)43-19-6-10-24-49(43)59(52)50-25-11-7-20-44(50)45-21-8-12-26-51(45)59/h1-36H. The van der Waals surface area contributed by atoms with Gasteiger partial charge in [0, 0.05) is 27.5 Å². The van der Waals surface area contributed by atoms with Crippen molar-refractivity contribution in [2.45, 2.75) is 5.41 Å². The molecule has 2 aliphatic rings. The van der Waals surface area contributed by atoms with E-state index in [2.05, 4.69) is 200 Å². The molecule has 0 unspecified atom stereocenters. The molecule has 0 aliphatic heterocycles. The molecule has 1 spiro atoms. The van der Waals surface area contributed by atoms with Crippen molar-refractivity contribution < 1.29 is 4.42 Å². The number of furan rings is 1. The van der Waals surface area contributed by atoms with E-state index in [-0.39, 0.29) is 0 Å². The van der Waals surface area contributed by atoms with Gasteiger partial charge in [-0.05, 0) is 91.0 Å². The summed E-state index contributed by atoms with van der Waals surface area (Å²) in [5.74, 6) is 0.665. The van der Waals surface area contributed by atoms with E-state index in [1.165, 1.54) is 61.2 Å². The van der Waals surface area contributed by atoms with Crippen LogP contribution in [0.15, 0.2) is 223 Å². The van der Waals surface area contributed by atoms with Gasteiger partial charge >= 0.3 is 0 Å². The minimum absolute atomic E-state index is 0.553. The Kier molecular flexibility index (Phi) is 7.52. The van der Waals surface area contributed by atoms with Crippen LogP contribution in [0.1, 0.15) is 22.3 Å². The highest BCUT2D eigenvalue weighted by molar-refractivity contribution is 6.12. The van der Waals surface area contributed by atoms with Crippen LogP contribution in [0.25, 0.3) is 100 Å². The van der Waals surface area contributed by atoms with Crippen LogP contribution in [0, 0.1) is 0 Å². The van der Waals surface area contributed by atoms with E-state index in [1.54, 1.807) is 0 Å². The summed E-state index contributed by atoms with van der Waals surface area (Å²) < 4.78 is 6.39. The lowest BCUT2D eigenvalue weighted by Gasteiger charge is -2.35. The van der Waals surface area contributed by atoms with Gasteiger partial charge in [-0.1, -0.05) is 194 Å². The van der Waals surface area contributed by atoms with Crippen molar-refractivity contribution in [2.24, 2.45) is 0 Å². The lowest BCUT2D eigenvalue weighted by molar-refractivity contribution is 0.669. The van der Waals surface area contributed by atoms with Crippen molar-refractivity contribution in [3.8, 4) is 78.4 Å². The summed E-state index contributed by atoms with van der Waals surface area (Å²) in [5.41, 5.74) is 20.7. The van der Waals surface area contributed by atoms with Gasteiger partial charge in [-0.25, -0.2) is 9.97 Å². The van der Waals surface area contributed by atoms with Gasteiger partial charge in [-0.15, -0.1) is 0 Å². The van der Waals surface area contributed by atoms with Gasteiger partial charge in [0.05, 0.1) is 16.8 Å². The third-order valence-corrected chi connectivity index (χ3v) is 13.2. The van der Waals surface area contributed by atoms with Crippen molar-refractivity contribution in [3.05, 3.63) is 241 Å². The van der Waals surface area contributed by atoms with Crippen LogP contribution in [0.5, 0.6) is 0 Å². The SMILES string of the molecule is c1ccc(-c2ccc(-c3cc(-c4cccc5oc6ccccc6c45)nc(-c4ccc5c(c4)-c4ccccc4-c4ccccc4C54c5ccccc5-c5ccccc54)n3)cc2)cc1. The first kappa shape index (κ1) is 34.7. The predicted octanol–water partition coefficient (Wildman–Crippen LogP) is 15.1. The first-order chi connectivity index (χ1) is 30.7. The third-order valence-electron chi connectivity index (χ3n) is 13.2. The summed E-state index contributed by atoms with van der Waals surface area (Å²) in [7, 11) is 0. The normalized spacial score (nSPS) is 13.0. The van der Waals surface area contributed by atoms with Gasteiger partial charge < -0.3 is 4.42 Å². The zero-order valence-corrected chi connectivity index (χ0v) is 33.6. The third kappa shape index (κ3) is 5.00. The molecule has 13 rings (SSSR count). The van der Waals surface area contributed by atoms with Gasteiger partial charge in [0.25, 0.3) is 0 Å². The molecule has 0 saturated carbocycles. The molecule has 2 aromatic heterocycles. The lowest BCUT2D eigenvalue weighted by Crippen LogP contribution is -2.29. The number of hydrogen-bond acceptors (Lipinski definition) is 3. The first-order valence-electron chi connectivity index (χ1n) is 21.2. The molecule has 3 heteroatoms. The number of fused-ring (bicyclic) bond motifs is 15. The number of nitrogens with zero attached hydrogens (tertiary/aromatic N) is 2. The molecule has 0 amide bonds. The zero-order valence-electron chi connectivity index (χ0n) is 33.6. The largest absolute Gasteiger partial charge is 0.456 e. The molecule has 3 nitrogen and oxygen atoms in total. The molecule has 0 radical (unpaired) electrons. The average Bonchev–Trinajstić information content (AvgIpc) is 3.85. The number of hydrogen-bond donors (Lipinski definition) is 0. The Bertz CT molecular complexity index is 3540. The number of benzene rings is 9. The summed E-state index contributed by atoms with van der Waals surface area (Å²) in [6.07, 6.45) is 0. The average molecular weight is 789 g/mol. The van der Waals surface area contributed by atoms with E-state index < -0.39 is 5.41 Å². The van der Waals surface area contributed by atoms with Crippen LogP contribution >= 0.6 is 0 Å². The smallest absolute Gasteiger partial charge is 0.160 e. The molecule has 0 saturated heterocycles. The summed E-state index contributed by atoms with van der Waals surface area (Å²) in [5, 5.41) is 2.11.